The fourth-order valence-corrected chi connectivity index (χ4v) is 2.50. The highest BCUT2D eigenvalue weighted by molar-refractivity contribution is 5.92. The third kappa shape index (κ3) is 2.77. The Bertz CT molecular complexity index is 542. The molecular weight excluding hydrogens is 256 g/mol. The van der Waals surface area contributed by atoms with Gasteiger partial charge in [-0.25, -0.2) is 0 Å². The largest absolute Gasteiger partial charge is 0.454 e. The van der Waals surface area contributed by atoms with Crippen molar-refractivity contribution in [3.05, 3.63) is 29.8 Å². The van der Waals surface area contributed by atoms with Crippen molar-refractivity contribution in [3.63, 3.8) is 0 Å². The van der Waals surface area contributed by atoms with E-state index in [4.69, 9.17) is 15.2 Å². The van der Waals surface area contributed by atoms with Crippen molar-refractivity contribution in [2.75, 3.05) is 19.9 Å². The van der Waals surface area contributed by atoms with E-state index < -0.39 is 0 Å². The summed E-state index contributed by atoms with van der Waals surface area (Å²) < 4.78 is 10.6. The molecule has 5 nitrogen and oxygen atoms in total. The first-order chi connectivity index (χ1) is 9.72. The molecule has 1 aromatic carbocycles. The van der Waals surface area contributed by atoms with Crippen molar-refractivity contribution < 1.29 is 14.3 Å². The van der Waals surface area contributed by atoms with Crippen LogP contribution in [0.4, 0.5) is 0 Å². The number of benzene rings is 1. The fraction of sp³-hybridized carbons (Fsp3) is 0.400. The summed E-state index contributed by atoms with van der Waals surface area (Å²) in [5, 5.41) is 0. The highest BCUT2D eigenvalue weighted by Gasteiger charge is 2.19. The Hall–Kier alpha value is -2.01. The molecular formula is C15H18N2O3. The monoisotopic (exact) mass is 274 g/mol. The van der Waals surface area contributed by atoms with Crippen molar-refractivity contribution in [3.8, 4) is 11.5 Å². The summed E-state index contributed by atoms with van der Waals surface area (Å²) in [6.45, 7) is 1.69. The highest BCUT2D eigenvalue weighted by atomic mass is 16.7. The van der Waals surface area contributed by atoms with E-state index in [1.807, 2.05) is 18.2 Å². The second kappa shape index (κ2) is 5.54. The molecule has 0 saturated carbocycles. The number of hydrogen-bond donors (Lipinski definition) is 1. The van der Waals surface area contributed by atoms with Crippen molar-refractivity contribution in [2.45, 2.75) is 18.9 Å². The topological polar surface area (TPSA) is 64.8 Å². The Morgan fingerprint density at radius 1 is 1.35 bits per heavy atom. The molecule has 1 saturated heterocycles. The second-order valence-electron chi connectivity index (χ2n) is 5.13. The molecule has 5 heteroatoms. The fourth-order valence-electron chi connectivity index (χ4n) is 2.50. The number of amides is 1. The van der Waals surface area contributed by atoms with E-state index in [2.05, 4.69) is 0 Å². The Labute approximate surface area is 118 Å². The van der Waals surface area contributed by atoms with E-state index in [0.29, 0.717) is 6.54 Å². The van der Waals surface area contributed by atoms with Crippen LogP contribution in [0, 0.1) is 0 Å². The van der Waals surface area contributed by atoms with Gasteiger partial charge in [-0.05, 0) is 36.6 Å². The van der Waals surface area contributed by atoms with Crippen LogP contribution in [-0.2, 0) is 4.79 Å². The van der Waals surface area contributed by atoms with Crippen molar-refractivity contribution in [2.24, 2.45) is 5.73 Å². The van der Waals surface area contributed by atoms with Crippen LogP contribution in [0.15, 0.2) is 24.3 Å². The van der Waals surface area contributed by atoms with Crippen LogP contribution in [0.5, 0.6) is 11.5 Å². The number of fused-ring (bicyclic) bond motifs is 1. The maximum absolute atomic E-state index is 12.1. The Balaban J connectivity index is 1.66. The lowest BCUT2D eigenvalue weighted by Gasteiger charge is -2.29. The Kier molecular flexibility index (Phi) is 3.60. The molecule has 2 aliphatic rings. The molecule has 2 N–H and O–H groups in total. The molecule has 20 heavy (non-hydrogen) atoms. The number of hydrogen-bond acceptors (Lipinski definition) is 4. The molecule has 0 spiro atoms. The molecule has 0 aliphatic carbocycles. The lowest BCUT2D eigenvalue weighted by Crippen LogP contribution is -2.45. The summed E-state index contributed by atoms with van der Waals surface area (Å²) >= 11 is 0. The first-order valence-corrected chi connectivity index (χ1v) is 6.84. The van der Waals surface area contributed by atoms with E-state index in [9.17, 15) is 4.79 Å². The van der Waals surface area contributed by atoms with E-state index in [1.54, 1.807) is 17.1 Å². The molecule has 2 aliphatic heterocycles. The third-order valence-electron chi connectivity index (χ3n) is 3.58. The minimum absolute atomic E-state index is 0.0119. The van der Waals surface area contributed by atoms with Crippen LogP contribution in [0.3, 0.4) is 0 Å². The molecule has 1 amide bonds. The van der Waals surface area contributed by atoms with Crippen molar-refractivity contribution in [1.82, 2.24) is 4.90 Å². The zero-order valence-electron chi connectivity index (χ0n) is 11.2. The molecule has 1 unspecified atom stereocenters. The highest BCUT2D eigenvalue weighted by Crippen LogP contribution is 2.32. The molecule has 3 rings (SSSR count). The third-order valence-corrected chi connectivity index (χ3v) is 3.58. The SMILES string of the molecule is NC1CCCN(C(=O)/C=C/c2ccc3c(c2)OCO3)C1. The van der Waals surface area contributed by atoms with Gasteiger partial charge in [0.05, 0.1) is 0 Å². The van der Waals surface area contributed by atoms with Gasteiger partial charge in [-0.1, -0.05) is 6.07 Å². The summed E-state index contributed by atoms with van der Waals surface area (Å²) in [7, 11) is 0. The van der Waals surface area contributed by atoms with Crippen LogP contribution in [-0.4, -0.2) is 36.7 Å². The van der Waals surface area contributed by atoms with E-state index in [0.717, 1.165) is 36.4 Å². The van der Waals surface area contributed by atoms with Gasteiger partial charge in [0.25, 0.3) is 0 Å². The molecule has 2 heterocycles. The van der Waals surface area contributed by atoms with Gasteiger partial charge in [0.2, 0.25) is 12.7 Å². The van der Waals surface area contributed by atoms with Crippen molar-refractivity contribution >= 4 is 12.0 Å². The van der Waals surface area contributed by atoms with Gasteiger partial charge in [-0.15, -0.1) is 0 Å². The molecule has 0 bridgehead atoms. The van der Waals surface area contributed by atoms with Gasteiger partial charge in [-0.3, -0.25) is 4.79 Å². The zero-order chi connectivity index (χ0) is 13.9. The van der Waals surface area contributed by atoms with Crippen LogP contribution in [0.2, 0.25) is 0 Å². The first-order valence-electron chi connectivity index (χ1n) is 6.84. The Morgan fingerprint density at radius 3 is 3.05 bits per heavy atom. The molecule has 0 radical (unpaired) electrons. The molecule has 1 aromatic rings. The van der Waals surface area contributed by atoms with Crippen LogP contribution in [0.25, 0.3) is 6.08 Å². The van der Waals surface area contributed by atoms with Gasteiger partial charge < -0.3 is 20.1 Å². The van der Waals surface area contributed by atoms with E-state index in [1.165, 1.54) is 0 Å². The summed E-state index contributed by atoms with van der Waals surface area (Å²) in [5.41, 5.74) is 6.80. The minimum Gasteiger partial charge on any atom is -0.454 e. The maximum Gasteiger partial charge on any atom is 0.246 e. The molecule has 1 atom stereocenters. The quantitative estimate of drug-likeness (QED) is 0.827. The first kappa shape index (κ1) is 13.0. The van der Waals surface area contributed by atoms with Gasteiger partial charge in [0.15, 0.2) is 11.5 Å². The average Bonchev–Trinajstić information content (AvgIpc) is 2.92. The number of piperidine rings is 1. The Morgan fingerprint density at radius 2 is 2.20 bits per heavy atom. The van der Waals surface area contributed by atoms with Crippen LogP contribution < -0.4 is 15.2 Å². The average molecular weight is 274 g/mol. The predicted molar refractivity (Wildman–Crippen MR) is 75.4 cm³/mol. The summed E-state index contributed by atoms with van der Waals surface area (Å²) in [6, 6.07) is 5.72. The maximum atomic E-state index is 12.1. The number of rotatable bonds is 2. The number of nitrogens with two attached hydrogens (primary N) is 1. The predicted octanol–water partition coefficient (Wildman–Crippen LogP) is 1.38. The number of carbonyl (C=O) groups is 1. The van der Waals surface area contributed by atoms with Gasteiger partial charge >= 0.3 is 0 Å². The summed E-state index contributed by atoms with van der Waals surface area (Å²) in [6.07, 6.45) is 5.36. The zero-order valence-corrected chi connectivity index (χ0v) is 11.2. The number of nitrogens with zero attached hydrogens (tertiary/aromatic N) is 1. The second-order valence-corrected chi connectivity index (χ2v) is 5.13. The standard InChI is InChI=1S/C15H18N2O3/c16-12-2-1-7-17(9-12)15(18)6-4-11-3-5-13-14(8-11)20-10-19-13/h3-6,8,12H,1-2,7,9-10,16H2/b6-4+. The van der Waals surface area contributed by atoms with Crippen LogP contribution in [0.1, 0.15) is 18.4 Å². The van der Waals surface area contributed by atoms with Crippen LogP contribution >= 0.6 is 0 Å². The molecule has 0 aromatic heterocycles. The number of ether oxygens (including phenoxy) is 2. The normalized spacial score (nSPS) is 21.4. The van der Waals surface area contributed by atoms with Gasteiger partial charge in [0.1, 0.15) is 0 Å². The van der Waals surface area contributed by atoms with Gasteiger partial charge in [0, 0.05) is 25.2 Å². The minimum atomic E-state index is 0.0119. The van der Waals surface area contributed by atoms with E-state index in [-0.39, 0.29) is 18.7 Å². The lowest BCUT2D eigenvalue weighted by atomic mass is 10.1. The van der Waals surface area contributed by atoms with Gasteiger partial charge in [-0.2, -0.15) is 0 Å². The number of carbonyl (C=O) groups excluding carboxylic acids is 1. The number of likely N-dealkylation sites (tertiary alicyclic amines) is 1. The summed E-state index contributed by atoms with van der Waals surface area (Å²) in [4.78, 5) is 13.9. The summed E-state index contributed by atoms with van der Waals surface area (Å²) in [5.74, 6) is 1.48. The van der Waals surface area contributed by atoms with Crippen molar-refractivity contribution in [1.29, 1.82) is 0 Å². The lowest BCUT2D eigenvalue weighted by molar-refractivity contribution is -0.127. The molecule has 106 valence electrons. The molecule has 1 fully saturated rings. The van der Waals surface area contributed by atoms with E-state index >= 15 is 0 Å². The smallest absolute Gasteiger partial charge is 0.246 e.